The zero-order valence-electron chi connectivity index (χ0n) is 12.9. The molecule has 2 rings (SSSR count). The van der Waals surface area contributed by atoms with Gasteiger partial charge in [-0.1, -0.05) is 33.8 Å². The molecule has 2 heteroatoms. The quantitative estimate of drug-likeness (QED) is 0.740. The Morgan fingerprint density at radius 1 is 1.11 bits per heavy atom. The zero-order chi connectivity index (χ0) is 14.1. The van der Waals surface area contributed by atoms with Crippen molar-refractivity contribution in [3.63, 3.8) is 0 Å². The minimum atomic E-state index is 0.441. The van der Waals surface area contributed by atoms with E-state index >= 15 is 0 Å². The Morgan fingerprint density at radius 3 is 2.32 bits per heavy atom. The van der Waals surface area contributed by atoms with Gasteiger partial charge < -0.3 is 5.32 Å². The van der Waals surface area contributed by atoms with Crippen LogP contribution >= 0.6 is 11.8 Å². The van der Waals surface area contributed by atoms with Gasteiger partial charge in [-0.25, -0.2) is 0 Å². The molecule has 1 aliphatic rings. The number of hydrogen-bond acceptors (Lipinski definition) is 2. The molecule has 0 bridgehead atoms. The highest BCUT2D eigenvalue weighted by atomic mass is 32.2. The molecule has 0 aliphatic heterocycles. The first-order chi connectivity index (χ1) is 8.80. The number of benzene rings is 1. The van der Waals surface area contributed by atoms with Gasteiger partial charge in [-0.3, -0.25) is 0 Å². The van der Waals surface area contributed by atoms with Crippen LogP contribution in [0.25, 0.3) is 0 Å². The van der Waals surface area contributed by atoms with E-state index in [1.807, 2.05) is 0 Å². The first-order valence-electron chi connectivity index (χ1n) is 7.20. The summed E-state index contributed by atoms with van der Waals surface area (Å²) in [4.78, 5) is 1.33. The zero-order valence-corrected chi connectivity index (χ0v) is 13.7. The second-order valence-electron chi connectivity index (χ2n) is 7.49. The van der Waals surface area contributed by atoms with Gasteiger partial charge in [0, 0.05) is 16.6 Å². The van der Waals surface area contributed by atoms with Crippen molar-refractivity contribution in [2.75, 3.05) is 11.6 Å². The lowest BCUT2D eigenvalue weighted by molar-refractivity contribution is 0.105. The van der Waals surface area contributed by atoms with E-state index in [9.17, 15) is 0 Å². The van der Waals surface area contributed by atoms with Crippen molar-refractivity contribution in [1.82, 2.24) is 0 Å². The highest BCUT2D eigenvalue weighted by Crippen LogP contribution is 2.46. The minimum absolute atomic E-state index is 0.441. The van der Waals surface area contributed by atoms with E-state index in [-0.39, 0.29) is 0 Å². The number of rotatable bonds is 3. The summed E-state index contributed by atoms with van der Waals surface area (Å²) in [5.74, 6) is 0. The fourth-order valence-corrected chi connectivity index (χ4v) is 4.36. The third-order valence-electron chi connectivity index (χ3n) is 4.00. The lowest BCUT2D eigenvalue weighted by Crippen LogP contribution is -2.40. The van der Waals surface area contributed by atoms with Gasteiger partial charge in [-0.15, -0.1) is 11.8 Å². The third kappa shape index (κ3) is 4.17. The van der Waals surface area contributed by atoms with Crippen LogP contribution in [0, 0.1) is 10.8 Å². The maximum absolute atomic E-state index is 3.75. The van der Waals surface area contributed by atoms with Crippen LogP contribution in [0.4, 0.5) is 5.69 Å². The SMILES string of the molecule is CSc1cccc(NC2CC(C)(C)CC(C)(C)C2)c1. The first-order valence-corrected chi connectivity index (χ1v) is 8.43. The molecule has 19 heavy (non-hydrogen) atoms. The van der Waals surface area contributed by atoms with Crippen LogP contribution < -0.4 is 5.32 Å². The second-order valence-corrected chi connectivity index (χ2v) is 8.37. The van der Waals surface area contributed by atoms with E-state index in [0.717, 1.165) is 0 Å². The van der Waals surface area contributed by atoms with Gasteiger partial charge in [0.1, 0.15) is 0 Å². The van der Waals surface area contributed by atoms with E-state index in [0.29, 0.717) is 16.9 Å². The number of anilines is 1. The van der Waals surface area contributed by atoms with Crippen LogP contribution in [-0.2, 0) is 0 Å². The van der Waals surface area contributed by atoms with Crippen molar-refractivity contribution >= 4 is 17.4 Å². The Kier molecular flexibility index (Phi) is 4.20. The van der Waals surface area contributed by atoms with Gasteiger partial charge in [-0.05, 0) is 54.5 Å². The molecule has 1 nitrogen and oxygen atoms in total. The lowest BCUT2D eigenvalue weighted by Gasteiger charge is -2.45. The maximum Gasteiger partial charge on any atom is 0.0353 e. The van der Waals surface area contributed by atoms with Crippen molar-refractivity contribution in [3.8, 4) is 0 Å². The highest BCUT2D eigenvalue weighted by molar-refractivity contribution is 7.98. The van der Waals surface area contributed by atoms with Crippen molar-refractivity contribution in [2.24, 2.45) is 10.8 Å². The molecule has 0 saturated heterocycles. The largest absolute Gasteiger partial charge is 0.382 e. The molecular formula is C17H27NS. The van der Waals surface area contributed by atoms with Crippen LogP contribution in [0.2, 0.25) is 0 Å². The van der Waals surface area contributed by atoms with Crippen LogP contribution in [0.3, 0.4) is 0 Å². The van der Waals surface area contributed by atoms with Gasteiger partial charge in [0.05, 0.1) is 0 Å². The Balaban J connectivity index is 2.09. The normalized spacial score (nSPS) is 22.2. The summed E-state index contributed by atoms with van der Waals surface area (Å²) in [5, 5.41) is 3.75. The summed E-state index contributed by atoms with van der Waals surface area (Å²) in [6.45, 7) is 9.61. The van der Waals surface area contributed by atoms with Crippen LogP contribution in [0.5, 0.6) is 0 Å². The Bertz CT molecular complexity index is 421. The molecule has 1 aromatic carbocycles. The molecule has 0 unspecified atom stereocenters. The molecule has 1 aliphatic carbocycles. The number of nitrogens with one attached hydrogen (secondary N) is 1. The molecular weight excluding hydrogens is 250 g/mol. The summed E-state index contributed by atoms with van der Waals surface area (Å²) >= 11 is 1.80. The van der Waals surface area contributed by atoms with Crippen molar-refractivity contribution in [2.45, 2.75) is 57.9 Å². The van der Waals surface area contributed by atoms with E-state index in [1.165, 1.54) is 29.8 Å². The molecule has 1 N–H and O–H groups in total. The monoisotopic (exact) mass is 277 g/mol. The predicted molar refractivity (Wildman–Crippen MR) is 87.0 cm³/mol. The maximum atomic E-state index is 3.75. The topological polar surface area (TPSA) is 12.0 Å². The summed E-state index contributed by atoms with van der Waals surface area (Å²) < 4.78 is 0. The van der Waals surface area contributed by atoms with Crippen LogP contribution in [0.1, 0.15) is 47.0 Å². The molecule has 0 amide bonds. The van der Waals surface area contributed by atoms with Crippen molar-refractivity contribution in [3.05, 3.63) is 24.3 Å². The lowest BCUT2D eigenvalue weighted by atomic mass is 9.63. The van der Waals surface area contributed by atoms with Crippen LogP contribution in [-0.4, -0.2) is 12.3 Å². The molecule has 0 heterocycles. The number of thioether (sulfide) groups is 1. The molecule has 1 fully saturated rings. The Labute approximate surface area is 122 Å². The number of hydrogen-bond donors (Lipinski definition) is 1. The fourth-order valence-electron chi connectivity index (χ4n) is 3.90. The summed E-state index contributed by atoms with van der Waals surface area (Å²) in [6, 6.07) is 9.36. The molecule has 1 saturated carbocycles. The van der Waals surface area contributed by atoms with Gasteiger partial charge in [0.25, 0.3) is 0 Å². The average molecular weight is 277 g/mol. The van der Waals surface area contributed by atoms with Crippen molar-refractivity contribution in [1.29, 1.82) is 0 Å². The second kappa shape index (κ2) is 5.40. The molecule has 0 aromatic heterocycles. The van der Waals surface area contributed by atoms with Gasteiger partial charge >= 0.3 is 0 Å². The standard InChI is InChI=1S/C17H27NS/c1-16(2)10-14(11-17(3,4)12-16)18-13-7-6-8-15(9-13)19-5/h6-9,14,18H,10-12H2,1-5H3. The molecule has 1 aromatic rings. The average Bonchev–Trinajstić information content (AvgIpc) is 2.24. The smallest absolute Gasteiger partial charge is 0.0353 e. The minimum Gasteiger partial charge on any atom is -0.382 e. The van der Waals surface area contributed by atoms with E-state index in [2.05, 4.69) is 63.5 Å². The van der Waals surface area contributed by atoms with Crippen molar-refractivity contribution < 1.29 is 0 Å². The Morgan fingerprint density at radius 2 is 1.74 bits per heavy atom. The predicted octanol–water partition coefficient (Wildman–Crippen LogP) is 5.43. The van der Waals surface area contributed by atoms with Crippen LogP contribution in [0.15, 0.2) is 29.2 Å². The summed E-state index contributed by atoms with van der Waals surface area (Å²) in [6.07, 6.45) is 5.98. The molecule has 0 atom stereocenters. The fraction of sp³-hybridized carbons (Fsp3) is 0.647. The molecule has 106 valence electrons. The summed E-state index contributed by atoms with van der Waals surface area (Å²) in [7, 11) is 0. The Hall–Kier alpha value is -0.630. The summed E-state index contributed by atoms with van der Waals surface area (Å²) in [5.41, 5.74) is 2.15. The van der Waals surface area contributed by atoms with Gasteiger partial charge in [0.15, 0.2) is 0 Å². The van der Waals surface area contributed by atoms with Gasteiger partial charge in [-0.2, -0.15) is 0 Å². The highest BCUT2D eigenvalue weighted by Gasteiger charge is 2.38. The molecule has 0 radical (unpaired) electrons. The van der Waals surface area contributed by atoms with E-state index in [4.69, 9.17) is 0 Å². The van der Waals surface area contributed by atoms with Gasteiger partial charge in [0.2, 0.25) is 0 Å². The molecule has 0 spiro atoms. The van der Waals surface area contributed by atoms with E-state index in [1.54, 1.807) is 11.8 Å². The first kappa shape index (κ1) is 14.8. The van der Waals surface area contributed by atoms with E-state index < -0.39 is 0 Å². The third-order valence-corrected chi connectivity index (χ3v) is 4.72.